The van der Waals surface area contributed by atoms with Crippen LogP contribution < -0.4 is 0 Å². The van der Waals surface area contributed by atoms with E-state index in [4.69, 9.17) is 9.15 Å². The standard InChI is InChI=1S/C29H41FN2O4/c1-2-3-4-5-6-7-8-13-28(33)32(22-27-12-10-19-36-27)23-29(34)31(21-26-11-9-18-35-26)20-24-14-16-25(30)17-15-24/h9,11,14-18,27H,2-8,10,12-13,19-23H2,1H3/t27-/m0/s1. The molecule has 198 valence electrons. The predicted octanol–water partition coefficient (Wildman–Crippen LogP) is 6.10. The number of benzene rings is 1. The van der Waals surface area contributed by atoms with Crippen LogP contribution in [0.2, 0.25) is 0 Å². The van der Waals surface area contributed by atoms with Gasteiger partial charge in [0.25, 0.3) is 0 Å². The van der Waals surface area contributed by atoms with Gasteiger partial charge in [0.15, 0.2) is 0 Å². The topological polar surface area (TPSA) is 63.0 Å². The number of hydrogen-bond donors (Lipinski definition) is 0. The van der Waals surface area contributed by atoms with Crippen LogP contribution in [-0.2, 0) is 27.4 Å². The minimum Gasteiger partial charge on any atom is -0.467 e. The lowest BCUT2D eigenvalue weighted by Gasteiger charge is -2.29. The summed E-state index contributed by atoms with van der Waals surface area (Å²) in [6, 6.07) is 9.73. The third-order valence-corrected chi connectivity index (χ3v) is 6.69. The summed E-state index contributed by atoms with van der Waals surface area (Å²) in [6.07, 6.45) is 11.9. The number of ether oxygens (including phenoxy) is 1. The molecule has 1 aromatic carbocycles. The SMILES string of the molecule is CCCCCCCCCC(=O)N(CC(=O)N(Cc1ccc(F)cc1)Cc1ccco1)C[C@@H]1CCCO1. The van der Waals surface area contributed by atoms with Crippen molar-refractivity contribution in [1.82, 2.24) is 9.80 Å². The summed E-state index contributed by atoms with van der Waals surface area (Å²) < 4.78 is 24.7. The molecule has 0 spiro atoms. The van der Waals surface area contributed by atoms with Gasteiger partial charge in [-0.2, -0.15) is 0 Å². The highest BCUT2D eigenvalue weighted by Gasteiger charge is 2.26. The van der Waals surface area contributed by atoms with E-state index in [0.29, 0.717) is 31.9 Å². The van der Waals surface area contributed by atoms with E-state index in [1.54, 1.807) is 34.3 Å². The van der Waals surface area contributed by atoms with Crippen LogP contribution in [0, 0.1) is 5.82 Å². The fourth-order valence-electron chi connectivity index (χ4n) is 4.58. The second-order valence-electron chi connectivity index (χ2n) is 9.74. The number of carbonyl (C=O) groups excluding carboxylic acids is 2. The van der Waals surface area contributed by atoms with Crippen LogP contribution >= 0.6 is 0 Å². The second kappa shape index (κ2) is 15.4. The van der Waals surface area contributed by atoms with E-state index >= 15 is 0 Å². The van der Waals surface area contributed by atoms with Gasteiger partial charge in [0.05, 0.1) is 25.5 Å². The van der Waals surface area contributed by atoms with Crippen molar-refractivity contribution in [3.63, 3.8) is 0 Å². The van der Waals surface area contributed by atoms with Crippen LogP contribution in [-0.4, -0.2) is 47.4 Å². The van der Waals surface area contributed by atoms with Gasteiger partial charge in [-0.15, -0.1) is 0 Å². The van der Waals surface area contributed by atoms with E-state index < -0.39 is 0 Å². The molecule has 3 rings (SSSR count). The summed E-state index contributed by atoms with van der Waals surface area (Å²) in [6.45, 7) is 3.93. The minimum absolute atomic E-state index is 0.00288. The van der Waals surface area contributed by atoms with E-state index in [9.17, 15) is 14.0 Å². The monoisotopic (exact) mass is 500 g/mol. The number of hydrogen-bond acceptors (Lipinski definition) is 4. The first-order chi connectivity index (χ1) is 17.5. The molecule has 1 saturated heterocycles. The van der Waals surface area contributed by atoms with Crippen molar-refractivity contribution in [2.24, 2.45) is 0 Å². The third-order valence-electron chi connectivity index (χ3n) is 6.69. The van der Waals surface area contributed by atoms with Gasteiger partial charge >= 0.3 is 0 Å². The highest BCUT2D eigenvalue weighted by molar-refractivity contribution is 5.85. The lowest BCUT2D eigenvalue weighted by molar-refractivity contribution is -0.142. The predicted molar refractivity (Wildman–Crippen MR) is 138 cm³/mol. The van der Waals surface area contributed by atoms with Crippen molar-refractivity contribution in [2.45, 2.75) is 90.3 Å². The molecule has 1 atom stereocenters. The number of furan rings is 1. The molecule has 0 radical (unpaired) electrons. The van der Waals surface area contributed by atoms with Gasteiger partial charge in [0, 0.05) is 26.1 Å². The molecule has 2 heterocycles. The maximum absolute atomic E-state index is 13.5. The van der Waals surface area contributed by atoms with Crippen LogP contribution in [0.25, 0.3) is 0 Å². The Morgan fingerprint density at radius 3 is 2.36 bits per heavy atom. The van der Waals surface area contributed by atoms with Crippen LogP contribution in [0.5, 0.6) is 0 Å². The van der Waals surface area contributed by atoms with Crippen LogP contribution in [0.1, 0.15) is 82.5 Å². The van der Waals surface area contributed by atoms with E-state index in [2.05, 4.69) is 6.92 Å². The van der Waals surface area contributed by atoms with Gasteiger partial charge in [0.1, 0.15) is 11.6 Å². The zero-order chi connectivity index (χ0) is 25.6. The molecular formula is C29H41FN2O4. The Kier molecular flexibility index (Phi) is 12.0. The van der Waals surface area contributed by atoms with E-state index in [1.165, 1.54) is 37.8 Å². The Morgan fingerprint density at radius 1 is 0.944 bits per heavy atom. The summed E-state index contributed by atoms with van der Waals surface area (Å²) in [5, 5.41) is 0. The first kappa shape index (κ1) is 27.9. The average Bonchev–Trinajstić information content (AvgIpc) is 3.58. The Balaban J connectivity index is 1.61. The van der Waals surface area contributed by atoms with E-state index in [-0.39, 0.29) is 36.8 Å². The number of nitrogens with zero attached hydrogens (tertiary/aromatic N) is 2. The molecule has 7 heteroatoms. The summed E-state index contributed by atoms with van der Waals surface area (Å²) >= 11 is 0. The molecule has 6 nitrogen and oxygen atoms in total. The fourth-order valence-corrected chi connectivity index (χ4v) is 4.58. The molecule has 0 saturated carbocycles. The fraction of sp³-hybridized carbons (Fsp3) is 0.586. The number of carbonyl (C=O) groups is 2. The average molecular weight is 501 g/mol. The number of halogens is 1. The van der Waals surface area contributed by atoms with Crippen molar-refractivity contribution in [1.29, 1.82) is 0 Å². The van der Waals surface area contributed by atoms with Crippen LogP contribution in [0.4, 0.5) is 4.39 Å². The lowest BCUT2D eigenvalue weighted by Crippen LogP contribution is -2.45. The van der Waals surface area contributed by atoms with Crippen molar-refractivity contribution >= 4 is 11.8 Å². The van der Waals surface area contributed by atoms with Crippen LogP contribution in [0.3, 0.4) is 0 Å². The maximum Gasteiger partial charge on any atom is 0.242 e. The van der Waals surface area contributed by atoms with Gasteiger partial charge in [-0.05, 0) is 49.1 Å². The largest absolute Gasteiger partial charge is 0.467 e. The number of unbranched alkanes of at least 4 members (excludes halogenated alkanes) is 6. The Labute approximate surface area is 214 Å². The van der Waals surface area contributed by atoms with Crippen LogP contribution in [0.15, 0.2) is 47.1 Å². The summed E-state index contributed by atoms with van der Waals surface area (Å²) in [7, 11) is 0. The molecule has 1 aliphatic heterocycles. The molecule has 0 N–H and O–H groups in total. The Morgan fingerprint density at radius 2 is 1.69 bits per heavy atom. The minimum atomic E-state index is -0.318. The normalized spacial score (nSPS) is 15.2. The Hall–Kier alpha value is -2.67. The van der Waals surface area contributed by atoms with Gasteiger partial charge in [-0.25, -0.2) is 4.39 Å². The molecule has 2 amide bonds. The van der Waals surface area contributed by atoms with Crippen molar-refractivity contribution in [3.05, 3.63) is 59.8 Å². The maximum atomic E-state index is 13.5. The van der Waals surface area contributed by atoms with Crippen molar-refractivity contribution < 1.29 is 23.1 Å². The summed E-state index contributed by atoms with van der Waals surface area (Å²) in [5.74, 6) is 0.181. The van der Waals surface area contributed by atoms with Gasteiger partial charge in [0.2, 0.25) is 11.8 Å². The van der Waals surface area contributed by atoms with Gasteiger partial charge < -0.3 is 19.0 Å². The Bertz CT molecular complexity index is 895. The molecule has 36 heavy (non-hydrogen) atoms. The molecule has 1 fully saturated rings. The van der Waals surface area contributed by atoms with Crippen molar-refractivity contribution in [3.8, 4) is 0 Å². The molecule has 1 aliphatic rings. The molecule has 2 aromatic rings. The zero-order valence-electron chi connectivity index (χ0n) is 21.6. The van der Waals surface area contributed by atoms with E-state index in [0.717, 1.165) is 37.7 Å². The summed E-state index contributed by atoms with van der Waals surface area (Å²) in [5.41, 5.74) is 0.816. The third kappa shape index (κ3) is 9.76. The highest BCUT2D eigenvalue weighted by atomic mass is 19.1. The molecule has 0 bridgehead atoms. The number of amides is 2. The van der Waals surface area contributed by atoms with Crippen molar-refractivity contribution in [2.75, 3.05) is 19.7 Å². The zero-order valence-corrected chi connectivity index (χ0v) is 21.6. The van der Waals surface area contributed by atoms with Gasteiger partial charge in [-0.1, -0.05) is 57.6 Å². The highest BCUT2D eigenvalue weighted by Crippen LogP contribution is 2.17. The quantitative estimate of drug-likeness (QED) is 0.262. The smallest absolute Gasteiger partial charge is 0.242 e. The molecule has 1 aromatic heterocycles. The molecule has 0 unspecified atom stereocenters. The van der Waals surface area contributed by atoms with E-state index in [1.807, 2.05) is 6.07 Å². The number of rotatable bonds is 16. The first-order valence-electron chi connectivity index (χ1n) is 13.5. The second-order valence-corrected chi connectivity index (χ2v) is 9.74. The molecular weight excluding hydrogens is 459 g/mol. The molecule has 0 aliphatic carbocycles. The lowest BCUT2D eigenvalue weighted by atomic mass is 10.1. The van der Waals surface area contributed by atoms with Gasteiger partial charge in [-0.3, -0.25) is 9.59 Å². The first-order valence-corrected chi connectivity index (χ1v) is 13.5. The summed E-state index contributed by atoms with van der Waals surface area (Å²) in [4.78, 5) is 30.0.